The third-order valence-corrected chi connectivity index (χ3v) is 5.04. The van der Waals surface area contributed by atoms with Crippen LogP contribution in [0.25, 0.3) is 0 Å². The zero-order chi connectivity index (χ0) is 19.9. The van der Waals surface area contributed by atoms with Gasteiger partial charge in [0.05, 0.1) is 14.2 Å². The van der Waals surface area contributed by atoms with Crippen LogP contribution in [0.2, 0.25) is 5.02 Å². The first kappa shape index (κ1) is 20.1. The van der Waals surface area contributed by atoms with Crippen molar-refractivity contribution in [2.75, 3.05) is 39.3 Å². The predicted octanol–water partition coefficient (Wildman–Crippen LogP) is 3.30. The molecule has 0 saturated carbocycles. The van der Waals surface area contributed by atoms with E-state index in [1.165, 1.54) is 0 Å². The van der Waals surface area contributed by atoms with Gasteiger partial charge in [-0.3, -0.25) is 4.99 Å². The van der Waals surface area contributed by atoms with Crippen molar-refractivity contribution in [2.24, 2.45) is 4.99 Å². The van der Waals surface area contributed by atoms with Crippen molar-refractivity contribution in [3.8, 4) is 11.5 Å². The molecule has 0 amide bonds. The van der Waals surface area contributed by atoms with Crippen LogP contribution in [0.15, 0.2) is 47.5 Å². The second-order valence-corrected chi connectivity index (χ2v) is 7.14. The van der Waals surface area contributed by atoms with E-state index in [1.807, 2.05) is 42.5 Å². The highest BCUT2D eigenvalue weighted by Gasteiger charge is 2.24. The number of methoxy groups -OCH3 is 2. The number of rotatable bonds is 6. The van der Waals surface area contributed by atoms with Gasteiger partial charge in [0.25, 0.3) is 0 Å². The largest absolute Gasteiger partial charge is 0.497 e. The number of anilines is 1. The molecule has 0 bridgehead atoms. The minimum Gasteiger partial charge on any atom is -0.497 e. The molecule has 6 nitrogen and oxygen atoms in total. The number of nitrogens with one attached hydrogen (secondary N) is 2. The fraction of sp³-hybridized carbons (Fsp3) is 0.381. The third-order valence-electron chi connectivity index (χ3n) is 4.80. The summed E-state index contributed by atoms with van der Waals surface area (Å²) in [6.07, 6.45) is 1.03. The highest BCUT2D eigenvalue weighted by atomic mass is 35.5. The van der Waals surface area contributed by atoms with E-state index < -0.39 is 0 Å². The molecule has 3 rings (SSSR count). The van der Waals surface area contributed by atoms with Gasteiger partial charge in [0, 0.05) is 61.6 Å². The van der Waals surface area contributed by atoms with Crippen molar-refractivity contribution in [1.82, 2.24) is 10.6 Å². The highest BCUT2D eigenvalue weighted by molar-refractivity contribution is 6.30. The van der Waals surface area contributed by atoms with E-state index in [4.69, 9.17) is 21.1 Å². The number of hydrogen-bond donors (Lipinski definition) is 2. The Kier molecular flexibility index (Phi) is 6.87. The lowest BCUT2D eigenvalue weighted by molar-refractivity contribution is 0.394. The van der Waals surface area contributed by atoms with Gasteiger partial charge < -0.3 is 25.0 Å². The smallest absolute Gasteiger partial charge is 0.191 e. The van der Waals surface area contributed by atoms with Crippen molar-refractivity contribution < 1.29 is 9.47 Å². The molecule has 1 saturated heterocycles. The van der Waals surface area contributed by atoms with Gasteiger partial charge in [0.1, 0.15) is 11.5 Å². The van der Waals surface area contributed by atoms with Crippen LogP contribution in [0.1, 0.15) is 12.0 Å². The molecule has 0 aromatic heterocycles. The van der Waals surface area contributed by atoms with Gasteiger partial charge in [-0.25, -0.2) is 0 Å². The lowest BCUT2D eigenvalue weighted by atomic mass is 10.2. The van der Waals surface area contributed by atoms with E-state index in [1.54, 1.807) is 21.3 Å². The summed E-state index contributed by atoms with van der Waals surface area (Å²) in [6, 6.07) is 14.1. The number of guanidine groups is 1. The van der Waals surface area contributed by atoms with Crippen molar-refractivity contribution in [3.63, 3.8) is 0 Å². The number of nitrogens with zero attached hydrogens (tertiary/aromatic N) is 2. The Bertz CT molecular complexity index is 806. The molecule has 1 fully saturated rings. The van der Waals surface area contributed by atoms with Crippen molar-refractivity contribution in [2.45, 2.75) is 19.0 Å². The number of aliphatic imine (C=N–C) groups is 1. The summed E-state index contributed by atoms with van der Waals surface area (Å²) in [4.78, 5) is 6.67. The number of hydrogen-bond acceptors (Lipinski definition) is 4. The molecule has 1 heterocycles. The van der Waals surface area contributed by atoms with E-state index in [0.29, 0.717) is 12.6 Å². The maximum Gasteiger partial charge on any atom is 0.191 e. The highest BCUT2D eigenvalue weighted by Crippen LogP contribution is 2.30. The van der Waals surface area contributed by atoms with Gasteiger partial charge in [-0.2, -0.15) is 0 Å². The van der Waals surface area contributed by atoms with Gasteiger partial charge in [-0.05, 0) is 24.1 Å². The summed E-state index contributed by atoms with van der Waals surface area (Å²) in [5.74, 6) is 2.38. The monoisotopic (exact) mass is 402 g/mol. The molecule has 150 valence electrons. The molecule has 1 unspecified atom stereocenters. The van der Waals surface area contributed by atoms with Gasteiger partial charge in [0.2, 0.25) is 0 Å². The first-order valence-corrected chi connectivity index (χ1v) is 9.68. The first-order valence-electron chi connectivity index (χ1n) is 9.31. The molecule has 28 heavy (non-hydrogen) atoms. The standard InChI is InChI=1S/C21H27ClN4O2/c1-23-21(24-13-15-5-4-6-16(22)9-15)25-17-7-8-26(14-17)18-10-19(27-2)12-20(11-18)28-3/h4-6,9-12,17H,7-8,13-14H2,1-3H3,(H2,23,24,25). The molecule has 1 atom stereocenters. The summed E-state index contributed by atoms with van der Waals surface area (Å²) >= 11 is 6.05. The predicted molar refractivity (Wildman–Crippen MR) is 115 cm³/mol. The molecule has 1 aliphatic rings. The quantitative estimate of drug-likeness (QED) is 0.573. The molecule has 0 spiro atoms. The summed E-state index contributed by atoms with van der Waals surface area (Å²) in [7, 11) is 5.12. The second-order valence-electron chi connectivity index (χ2n) is 6.70. The van der Waals surface area contributed by atoms with E-state index in [2.05, 4.69) is 20.5 Å². The Morgan fingerprint density at radius 2 is 1.93 bits per heavy atom. The fourth-order valence-electron chi connectivity index (χ4n) is 3.31. The molecule has 2 aromatic carbocycles. The van der Waals surface area contributed by atoms with Crippen LogP contribution in [-0.2, 0) is 6.54 Å². The minimum atomic E-state index is 0.308. The third kappa shape index (κ3) is 5.23. The van der Waals surface area contributed by atoms with Crippen LogP contribution in [0.5, 0.6) is 11.5 Å². The van der Waals surface area contributed by atoms with Crippen molar-refractivity contribution >= 4 is 23.2 Å². The second kappa shape index (κ2) is 9.55. The number of halogens is 1. The number of benzene rings is 2. The Labute approximate surface area is 171 Å². The van der Waals surface area contributed by atoms with Crippen LogP contribution in [0, 0.1) is 0 Å². The summed E-state index contributed by atoms with van der Waals surface area (Å²) in [5.41, 5.74) is 2.22. The summed E-state index contributed by atoms with van der Waals surface area (Å²) in [5, 5.41) is 7.60. The Hall–Kier alpha value is -2.60. The molecule has 2 N–H and O–H groups in total. The van der Waals surface area contributed by atoms with Crippen LogP contribution in [-0.4, -0.2) is 46.4 Å². The molecule has 0 radical (unpaired) electrons. The SMILES string of the molecule is CN=C(NCc1cccc(Cl)c1)NC1CCN(c2cc(OC)cc(OC)c2)C1. The lowest BCUT2D eigenvalue weighted by Crippen LogP contribution is -2.44. The zero-order valence-corrected chi connectivity index (χ0v) is 17.3. The van der Waals surface area contributed by atoms with E-state index in [9.17, 15) is 0 Å². The summed E-state index contributed by atoms with van der Waals surface area (Å²) in [6.45, 7) is 2.51. The Morgan fingerprint density at radius 1 is 1.18 bits per heavy atom. The normalized spacial score (nSPS) is 16.8. The van der Waals surface area contributed by atoms with Gasteiger partial charge in [-0.15, -0.1) is 0 Å². The van der Waals surface area contributed by atoms with Crippen molar-refractivity contribution in [3.05, 3.63) is 53.1 Å². The van der Waals surface area contributed by atoms with Gasteiger partial charge in [-0.1, -0.05) is 23.7 Å². The Balaban J connectivity index is 1.57. The molecule has 1 aliphatic heterocycles. The van der Waals surface area contributed by atoms with Crippen LogP contribution in [0.4, 0.5) is 5.69 Å². The van der Waals surface area contributed by atoms with Gasteiger partial charge in [0.15, 0.2) is 5.96 Å². The maximum atomic E-state index is 6.05. The minimum absolute atomic E-state index is 0.308. The zero-order valence-electron chi connectivity index (χ0n) is 16.5. The number of ether oxygens (including phenoxy) is 2. The maximum absolute atomic E-state index is 6.05. The van der Waals surface area contributed by atoms with Crippen LogP contribution < -0.4 is 25.0 Å². The van der Waals surface area contributed by atoms with E-state index in [-0.39, 0.29) is 0 Å². The van der Waals surface area contributed by atoms with Crippen LogP contribution >= 0.6 is 11.6 Å². The topological polar surface area (TPSA) is 58.1 Å². The fourth-order valence-corrected chi connectivity index (χ4v) is 3.52. The van der Waals surface area contributed by atoms with Gasteiger partial charge >= 0.3 is 0 Å². The van der Waals surface area contributed by atoms with Crippen molar-refractivity contribution in [1.29, 1.82) is 0 Å². The molecule has 2 aromatic rings. The molecule has 0 aliphatic carbocycles. The Morgan fingerprint density at radius 3 is 2.57 bits per heavy atom. The van der Waals surface area contributed by atoms with E-state index in [0.717, 1.165) is 53.2 Å². The average Bonchev–Trinajstić information content (AvgIpc) is 3.19. The first-order chi connectivity index (χ1) is 13.6. The summed E-state index contributed by atoms with van der Waals surface area (Å²) < 4.78 is 10.8. The molecular formula is C21H27ClN4O2. The molecule has 7 heteroatoms. The molecular weight excluding hydrogens is 376 g/mol. The van der Waals surface area contributed by atoms with Crippen LogP contribution in [0.3, 0.4) is 0 Å². The van der Waals surface area contributed by atoms with E-state index >= 15 is 0 Å². The average molecular weight is 403 g/mol. The lowest BCUT2D eigenvalue weighted by Gasteiger charge is -2.21.